The standard InChI is InChI=1S/C21H12O3S3/c22-10-16-1-4-19(25-16)13-7-14(20-5-2-17(11-23)26-20)9-15(8-13)21-6-3-18(12-24)27-21/h1-12H. The molecule has 6 heteroatoms. The molecule has 0 saturated heterocycles. The third-order valence-corrected chi connectivity index (χ3v) is 7.19. The van der Waals surface area contributed by atoms with Gasteiger partial charge in [-0.3, -0.25) is 14.4 Å². The van der Waals surface area contributed by atoms with E-state index in [4.69, 9.17) is 0 Å². The lowest BCUT2D eigenvalue weighted by Gasteiger charge is -2.07. The molecule has 3 heterocycles. The Kier molecular flexibility index (Phi) is 4.94. The largest absolute Gasteiger partial charge is 0.297 e. The van der Waals surface area contributed by atoms with Gasteiger partial charge >= 0.3 is 0 Å². The first-order valence-corrected chi connectivity index (χ1v) is 10.5. The van der Waals surface area contributed by atoms with E-state index in [2.05, 4.69) is 18.2 Å². The molecule has 0 unspecified atom stereocenters. The third-order valence-electron chi connectivity index (χ3n) is 4.02. The molecule has 0 aliphatic heterocycles. The van der Waals surface area contributed by atoms with E-state index >= 15 is 0 Å². The summed E-state index contributed by atoms with van der Waals surface area (Å²) in [6, 6.07) is 17.4. The Morgan fingerprint density at radius 3 is 1.00 bits per heavy atom. The molecule has 0 radical (unpaired) electrons. The van der Waals surface area contributed by atoms with Crippen LogP contribution in [0.5, 0.6) is 0 Å². The summed E-state index contributed by atoms with van der Waals surface area (Å²) in [5, 5.41) is 0. The molecule has 4 aromatic rings. The molecule has 1 aromatic carbocycles. The lowest BCUT2D eigenvalue weighted by Crippen LogP contribution is -1.81. The van der Waals surface area contributed by atoms with Gasteiger partial charge in [0.25, 0.3) is 0 Å². The smallest absolute Gasteiger partial charge is 0.160 e. The van der Waals surface area contributed by atoms with Crippen LogP contribution in [0.4, 0.5) is 0 Å². The van der Waals surface area contributed by atoms with Gasteiger partial charge in [0, 0.05) is 14.6 Å². The normalized spacial score (nSPS) is 10.7. The lowest BCUT2D eigenvalue weighted by atomic mass is 10.0. The fraction of sp³-hybridized carbons (Fsp3) is 0. The predicted octanol–water partition coefficient (Wildman–Crippen LogP) is 6.31. The number of carbonyl (C=O) groups is 3. The molecule has 4 rings (SSSR count). The number of rotatable bonds is 6. The summed E-state index contributed by atoms with van der Waals surface area (Å²) in [7, 11) is 0. The van der Waals surface area contributed by atoms with Crippen LogP contribution >= 0.6 is 34.0 Å². The van der Waals surface area contributed by atoms with E-state index in [1.54, 1.807) is 0 Å². The molecular weight excluding hydrogens is 396 g/mol. The van der Waals surface area contributed by atoms with Crippen LogP contribution in [0, 0.1) is 0 Å². The van der Waals surface area contributed by atoms with Gasteiger partial charge in [0.15, 0.2) is 18.9 Å². The van der Waals surface area contributed by atoms with Crippen LogP contribution < -0.4 is 0 Å². The monoisotopic (exact) mass is 408 g/mol. The molecule has 0 N–H and O–H groups in total. The summed E-state index contributed by atoms with van der Waals surface area (Å²) in [6.45, 7) is 0. The van der Waals surface area contributed by atoms with Gasteiger partial charge in [-0.25, -0.2) is 0 Å². The van der Waals surface area contributed by atoms with Gasteiger partial charge in [-0.15, -0.1) is 34.0 Å². The van der Waals surface area contributed by atoms with Crippen molar-refractivity contribution >= 4 is 52.9 Å². The summed E-state index contributed by atoms with van der Waals surface area (Å²) in [5.41, 5.74) is 3.01. The summed E-state index contributed by atoms with van der Waals surface area (Å²) in [6.07, 6.45) is 2.55. The van der Waals surface area contributed by atoms with Crippen molar-refractivity contribution in [2.75, 3.05) is 0 Å². The average molecular weight is 409 g/mol. The van der Waals surface area contributed by atoms with Crippen molar-refractivity contribution in [1.29, 1.82) is 0 Å². The minimum absolute atomic E-state index is 0.677. The lowest BCUT2D eigenvalue weighted by molar-refractivity contribution is 0.111. The van der Waals surface area contributed by atoms with Crippen LogP contribution in [0.25, 0.3) is 31.3 Å². The van der Waals surface area contributed by atoms with E-state index in [0.717, 1.165) is 50.2 Å². The first-order valence-electron chi connectivity index (χ1n) is 8.01. The van der Waals surface area contributed by atoms with Crippen molar-refractivity contribution in [2.45, 2.75) is 0 Å². The molecule has 0 aliphatic rings. The minimum Gasteiger partial charge on any atom is -0.297 e. The zero-order valence-corrected chi connectivity index (χ0v) is 16.3. The first kappa shape index (κ1) is 17.7. The quantitative estimate of drug-likeness (QED) is 0.351. The Morgan fingerprint density at radius 2 is 0.778 bits per heavy atom. The van der Waals surface area contributed by atoms with Crippen LogP contribution in [0.2, 0.25) is 0 Å². The van der Waals surface area contributed by atoms with Gasteiger partial charge < -0.3 is 0 Å². The SMILES string of the molecule is O=Cc1ccc(-c2cc(-c3ccc(C=O)s3)cc(-c3ccc(C=O)s3)c2)s1. The number of thiophene rings is 3. The fourth-order valence-electron chi connectivity index (χ4n) is 2.77. The van der Waals surface area contributed by atoms with Crippen molar-refractivity contribution in [3.63, 3.8) is 0 Å². The van der Waals surface area contributed by atoms with Gasteiger partial charge in [0.2, 0.25) is 0 Å². The minimum atomic E-state index is 0.677. The molecule has 3 aromatic heterocycles. The second kappa shape index (κ2) is 7.52. The average Bonchev–Trinajstić information content (AvgIpc) is 3.47. The van der Waals surface area contributed by atoms with E-state index in [0.29, 0.717) is 14.6 Å². The zero-order chi connectivity index (χ0) is 18.8. The molecule has 0 fully saturated rings. The van der Waals surface area contributed by atoms with E-state index in [1.807, 2.05) is 36.4 Å². The Labute approximate surface area is 167 Å². The molecule has 0 spiro atoms. The molecule has 0 amide bonds. The zero-order valence-electron chi connectivity index (χ0n) is 13.9. The maximum absolute atomic E-state index is 11.0. The Balaban J connectivity index is 1.88. The second-order valence-electron chi connectivity index (χ2n) is 5.76. The van der Waals surface area contributed by atoms with Crippen molar-refractivity contribution in [3.05, 3.63) is 69.2 Å². The highest BCUT2D eigenvalue weighted by atomic mass is 32.1. The summed E-state index contributed by atoms with van der Waals surface area (Å²) < 4.78 is 0. The third kappa shape index (κ3) is 3.60. The fourth-order valence-corrected chi connectivity index (χ4v) is 5.20. The maximum Gasteiger partial charge on any atom is 0.160 e. The maximum atomic E-state index is 11.0. The molecule has 0 aliphatic carbocycles. The van der Waals surface area contributed by atoms with Gasteiger partial charge in [-0.2, -0.15) is 0 Å². The van der Waals surface area contributed by atoms with Crippen molar-refractivity contribution in [2.24, 2.45) is 0 Å². The Bertz CT molecular complexity index is 991. The summed E-state index contributed by atoms with van der Waals surface area (Å²) in [5.74, 6) is 0. The molecule has 132 valence electrons. The number of carbonyl (C=O) groups excluding carboxylic acids is 3. The molecular formula is C21H12O3S3. The van der Waals surface area contributed by atoms with Crippen molar-refractivity contribution in [3.8, 4) is 31.3 Å². The summed E-state index contributed by atoms with van der Waals surface area (Å²) in [4.78, 5) is 38.2. The Morgan fingerprint density at radius 1 is 0.481 bits per heavy atom. The Hall–Kier alpha value is -2.67. The van der Waals surface area contributed by atoms with Crippen LogP contribution in [-0.4, -0.2) is 18.9 Å². The van der Waals surface area contributed by atoms with Crippen LogP contribution in [-0.2, 0) is 0 Å². The van der Waals surface area contributed by atoms with Crippen molar-refractivity contribution < 1.29 is 14.4 Å². The van der Waals surface area contributed by atoms with Crippen molar-refractivity contribution in [1.82, 2.24) is 0 Å². The number of aldehydes is 3. The first-order chi connectivity index (χ1) is 13.2. The van der Waals surface area contributed by atoms with Gasteiger partial charge in [-0.1, -0.05) is 0 Å². The molecule has 0 atom stereocenters. The molecule has 0 bridgehead atoms. The molecule has 27 heavy (non-hydrogen) atoms. The van der Waals surface area contributed by atoms with Crippen LogP contribution in [0.3, 0.4) is 0 Å². The predicted molar refractivity (Wildman–Crippen MR) is 113 cm³/mol. The number of hydrogen-bond acceptors (Lipinski definition) is 6. The van der Waals surface area contributed by atoms with E-state index in [-0.39, 0.29) is 0 Å². The van der Waals surface area contributed by atoms with Gasteiger partial charge in [0.05, 0.1) is 14.6 Å². The van der Waals surface area contributed by atoms with E-state index < -0.39 is 0 Å². The second-order valence-corrected chi connectivity index (χ2v) is 9.10. The highest BCUT2D eigenvalue weighted by Crippen LogP contribution is 2.38. The van der Waals surface area contributed by atoms with E-state index in [9.17, 15) is 14.4 Å². The number of hydrogen-bond donors (Lipinski definition) is 0. The van der Waals surface area contributed by atoms with Crippen LogP contribution in [0.1, 0.15) is 29.0 Å². The molecule has 0 saturated carbocycles. The van der Waals surface area contributed by atoms with Crippen LogP contribution in [0.15, 0.2) is 54.6 Å². The molecule has 3 nitrogen and oxygen atoms in total. The van der Waals surface area contributed by atoms with Gasteiger partial charge in [0.1, 0.15) is 0 Å². The topological polar surface area (TPSA) is 51.2 Å². The van der Waals surface area contributed by atoms with Gasteiger partial charge in [-0.05, 0) is 71.3 Å². The van der Waals surface area contributed by atoms with E-state index in [1.165, 1.54) is 34.0 Å². The number of benzene rings is 1. The summed E-state index contributed by atoms with van der Waals surface area (Å²) >= 11 is 4.32. The highest BCUT2D eigenvalue weighted by Gasteiger charge is 2.12. The highest BCUT2D eigenvalue weighted by molar-refractivity contribution is 7.18.